The second kappa shape index (κ2) is 5.64. The molecule has 2 aliphatic rings. The molecule has 0 amide bonds. The van der Waals surface area contributed by atoms with Crippen LogP contribution in [0.3, 0.4) is 0 Å². The molecule has 1 aromatic rings. The van der Waals surface area contributed by atoms with E-state index >= 15 is 0 Å². The van der Waals surface area contributed by atoms with Crippen LogP contribution in [0.4, 0.5) is 0 Å². The van der Waals surface area contributed by atoms with Crippen LogP contribution in [0.1, 0.15) is 49.7 Å². The molecule has 1 heterocycles. The molecule has 0 unspecified atom stereocenters. The Labute approximate surface area is 117 Å². The maximum absolute atomic E-state index is 6.36. The molecule has 104 valence electrons. The molecule has 0 spiro atoms. The molecule has 1 saturated carbocycles. The largest absolute Gasteiger partial charge is 0.321 e. The summed E-state index contributed by atoms with van der Waals surface area (Å²) in [5.74, 6) is 0. The van der Waals surface area contributed by atoms with Crippen molar-refractivity contribution in [3.8, 4) is 0 Å². The number of benzene rings is 1. The summed E-state index contributed by atoms with van der Waals surface area (Å²) in [4.78, 5) is 2.60. The van der Waals surface area contributed by atoms with Crippen molar-refractivity contribution < 1.29 is 0 Å². The summed E-state index contributed by atoms with van der Waals surface area (Å²) in [5.41, 5.74) is 9.14. The predicted molar refractivity (Wildman–Crippen MR) is 80.2 cm³/mol. The fraction of sp³-hybridized carbons (Fsp3) is 0.647. The Kier molecular flexibility index (Phi) is 3.90. The Hall–Kier alpha value is -0.860. The lowest BCUT2D eigenvalue weighted by atomic mass is 9.72. The van der Waals surface area contributed by atoms with Gasteiger partial charge in [-0.2, -0.15) is 0 Å². The highest BCUT2D eigenvalue weighted by molar-refractivity contribution is 5.30. The number of nitrogens with zero attached hydrogens (tertiary/aromatic N) is 1. The summed E-state index contributed by atoms with van der Waals surface area (Å²) >= 11 is 0. The van der Waals surface area contributed by atoms with Crippen molar-refractivity contribution in [1.82, 2.24) is 4.90 Å². The van der Waals surface area contributed by atoms with Gasteiger partial charge in [-0.05, 0) is 62.7 Å². The lowest BCUT2D eigenvalue weighted by Crippen LogP contribution is -2.43. The van der Waals surface area contributed by atoms with E-state index in [1.165, 1.54) is 62.9 Å². The third-order valence-electron chi connectivity index (χ3n) is 4.94. The Bertz CT molecular complexity index is 400. The molecular formula is C17H26N2. The molecule has 0 bridgehead atoms. The summed E-state index contributed by atoms with van der Waals surface area (Å²) < 4.78 is 0. The van der Waals surface area contributed by atoms with E-state index in [-0.39, 0.29) is 5.54 Å². The predicted octanol–water partition coefficient (Wildman–Crippen LogP) is 3.05. The van der Waals surface area contributed by atoms with Crippen LogP contribution in [0.2, 0.25) is 0 Å². The number of hydrogen-bond acceptors (Lipinski definition) is 2. The lowest BCUT2D eigenvalue weighted by Gasteiger charge is -2.38. The van der Waals surface area contributed by atoms with Crippen LogP contribution < -0.4 is 5.73 Å². The van der Waals surface area contributed by atoms with Gasteiger partial charge in [0.15, 0.2) is 0 Å². The van der Waals surface area contributed by atoms with Crippen LogP contribution >= 0.6 is 0 Å². The molecule has 1 aliphatic heterocycles. The van der Waals surface area contributed by atoms with E-state index < -0.39 is 0 Å². The van der Waals surface area contributed by atoms with Gasteiger partial charge in [-0.3, -0.25) is 0 Å². The van der Waals surface area contributed by atoms with E-state index in [1.54, 1.807) is 0 Å². The second-order valence-corrected chi connectivity index (χ2v) is 6.36. The Morgan fingerprint density at radius 1 is 0.947 bits per heavy atom. The normalized spacial score (nSPS) is 23.0. The van der Waals surface area contributed by atoms with Crippen molar-refractivity contribution in [2.24, 2.45) is 5.73 Å². The highest BCUT2D eigenvalue weighted by Gasteiger charge is 2.33. The summed E-state index contributed by atoms with van der Waals surface area (Å²) in [5, 5.41) is 0. The van der Waals surface area contributed by atoms with Gasteiger partial charge in [0.25, 0.3) is 0 Å². The minimum atomic E-state index is -0.00853. The van der Waals surface area contributed by atoms with E-state index in [4.69, 9.17) is 5.73 Å². The van der Waals surface area contributed by atoms with Crippen LogP contribution in [-0.2, 0) is 12.0 Å². The number of rotatable bonds is 4. The molecule has 19 heavy (non-hydrogen) atoms. The number of hydrogen-bond donors (Lipinski definition) is 1. The fourth-order valence-corrected chi connectivity index (χ4v) is 3.32. The highest BCUT2D eigenvalue weighted by Crippen LogP contribution is 2.38. The number of likely N-dealkylation sites (tertiary alicyclic amines) is 1. The van der Waals surface area contributed by atoms with Crippen LogP contribution in [0.25, 0.3) is 0 Å². The van der Waals surface area contributed by atoms with Crippen LogP contribution in [0.5, 0.6) is 0 Å². The van der Waals surface area contributed by atoms with Crippen LogP contribution in [0, 0.1) is 0 Å². The maximum Gasteiger partial charge on any atom is 0.0409 e. The van der Waals surface area contributed by atoms with Gasteiger partial charge in [-0.25, -0.2) is 0 Å². The average Bonchev–Trinajstić information content (AvgIpc) is 2.44. The van der Waals surface area contributed by atoms with E-state index in [0.717, 1.165) is 12.8 Å². The van der Waals surface area contributed by atoms with Gasteiger partial charge in [0.1, 0.15) is 0 Å². The van der Waals surface area contributed by atoms with Gasteiger partial charge in [0, 0.05) is 12.1 Å². The van der Waals surface area contributed by atoms with Crippen molar-refractivity contribution in [3.05, 3.63) is 35.4 Å². The van der Waals surface area contributed by atoms with Gasteiger partial charge in [-0.1, -0.05) is 30.7 Å². The van der Waals surface area contributed by atoms with Gasteiger partial charge >= 0.3 is 0 Å². The SMILES string of the molecule is NC1(c2ccc(CCN3CCCCC3)cc2)CCC1. The quantitative estimate of drug-likeness (QED) is 0.899. The van der Waals surface area contributed by atoms with E-state index in [2.05, 4.69) is 29.2 Å². The molecule has 2 fully saturated rings. The zero-order chi connectivity index (χ0) is 13.1. The van der Waals surface area contributed by atoms with Crippen molar-refractivity contribution >= 4 is 0 Å². The number of piperidine rings is 1. The monoisotopic (exact) mass is 258 g/mol. The molecular weight excluding hydrogens is 232 g/mol. The van der Waals surface area contributed by atoms with Crippen molar-refractivity contribution in [1.29, 1.82) is 0 Å². The highest BCUT2D eigenvalue weighted by atomic mass is 15.1. The second-order valence-electron chi connectivity index (χ2n) is 6.36. The zero-order valence-corrected chi connectivity index (χ0v) is 11.9. The first kappa shape index (κ1) is 13.1. The van der Waals surface area contributed by atoms with E-state index in [9.17, 15) is 0 Å². The van der Waals surface area contributed by atoms with Crippen LogP contribution in [-0.4, -0.2) is 24.5 Å². The average molecular weight is 258 g/mol. The first-order valence-corrected chi connectivity index (χ1v) is 7.87. The molecule has 0 atom stereocenters. The van der Waals surface area contributed by atoms with Crippen LogP contribution in [0.15, 0.2) is 24.3 Å². The molecule has 0 aromatic heterocycles. The third kappa shape index (κ3) is 3.01. The summed E-state index contributed by atoms with van der Waals surface area (Å²) in [7, 11) is 0. The Morgan fingerprint density at radius 2 is 1.63 bits per heavy atom. The molecule has 1 saturated heterocycles. The maximum atomic E-state index is 6.36. The van der Waals surface area contributed by atoms with Crippen molar-refractivity contribution in [3.63, 3.8) is 0 Å². The Balaban J connectivity index is 1.54. The smallest absolute Gasteiger partial charge is 0.0409 e. The zero-order valence-electron chi connectivity index (χ0n) is 11.9. The minimum absolute atomic E-state index is 0.00853. The standard InChI is InChI=1S/C17H26N2/c18-17(10-4-11-17)16-7-5-15(6-8-16)9-14-19-12-2-1-3-13-19/h5-8H,1-4,9-14,18H2. The Morgan fingerprint density at radius 3 is 2.21 bits per heavy atom. The minimum Gasteiger partial charge on any atom is -0.321 e. The van der Waals surface area contributed by atoms with Gasteiger partial charge < -0.3 is 10.6 Å². The fourth-order valence-electron chi connectivity index (χ4n) is 3.32. The molecule has 2 heteroatoms. The molecule has 3 rings (SSSR count). The summed E-state index contributed by atoms with van der Waals surface area (Å²) in [6.07, 6.45) is 8.96. The van der Waals surface area contributed by atoms with Gasteiger partial charge in [0.2, 0.25) is 0 Å². The van der Waals surface area contributed by atoms with E-state index in [0.29, 0.717) is 0 Å². The van der Waals surface area contributed by atoms with E-state index in [1.807, 2.05) is 0 Å². The van der Waals surface area contributed by atoms with Gasteiger partial charge in [0.05, 0.1) is 0 Å². The molecule has 2 nitrogen and oxygen atoms in total. The topological polar surface area (TPSA) is 29.3 Å². The van der Waals surface area contributed by atoms with Gasteiger partial charge in [-0.15, -0.1) is 0 Å². The molecule has 1 aliphatic carbocycles. The molecule has 2 N–H and O–H groups in total. The number of nitrogens with two attached hydrogens (primary N) is 1. The summed E-state index contributed by atoms with van der Waals surface area (Å²) in [6.45, 7) is 3.81. The third-order valence-corrected chi connectivity index (χ3v) is 4.94. The first-order valence-electron chi connectivity index (χ1n) is 7.87. The van der Waals surface area contributed by atoms with Crippen molar-refractivity contribution in [2.75, 3.05) is 19.6 Å². The first-order chi connectivity index (χ1) is 9.26. The molecule has 1 aromatic carbocycles. The summed E-state index contributed by atoms with van der Waals surface area (Å²) in [6, 6.07) is 9.08. The van der Waals surface area contributed by atoms with Crippen molar-refractivity contribution in [2.45, 2.75) is 50.5 Å². The molecule has 0 radical (unpaired) electrons. The lowest BCUT2D eigenvalue weighted by molar-refractivity contribution is 0.231.